The van der Waals surface area contributed by atoms with Gasteiger partial charge in [0.15, 0.2) is 12.6 Å². The Balaban J connectivity index is 1.54. The molecular formula is C60H112N2O19. The molecule has 21 heteroatoms. The number of amides is 2. The summed E-state index contributed by atoms with van der Waals surface area (Å²) in [5.41, 5.74) is 0. The van der Waals surface area contributed by atoms with Gasteiger partial charge in [-0.3, -0.25) is 14.4 Å². The van der Waals surface area contributed by atoms with Crippen LogP contribution in [0.15, 0.2) is 0 Å². The third kappa shape index (κ3) is 27.4. The Labute approximate surface area is 484 Å². The Bertz CT molecular complexity index is 1620. The van der Waals surface area contributed by atoms with Crippen molar-refractivity contribution in [2.45, 2.75) is 331 Å². The molecule has 0 bridgehead atoms. The first-order valence-corrected chi connectivity index (χ1v) is 31.6. The molecule has 3 saturated heterocycles. The number of aliphatic hydroxyl groups is 9. The maximum absolute atomic E-state index is 13.4. The number of rotatable bonds is 47. The second kappa shape index (κ2) is 42.6. The zero-order chi connectivity index (χ0) is 59.4. The van der Waals surface area contributed by atoms with Gasteiger partial charge in [-0.15, -0.1) is 0 Å². The molecule has 0 spiro atoms. The zero-order valence-electron chi connectivity index (χ0n) is 49.9. The Morgan fingerprint density at radius 3 is 1.63 bits per heavy atom. The van der Waals surface area contributed by atoms with E-state index in [1.807, 2.05) is 0 Å². The highest BCUT2D eigenvalue weighted by atomic mass is 16.9. The lowest BCUT2D eigenvalue weighted by Gasteiger charge is -2.48. The van der Waals surface area contributed by atoms with Gasteiger partial charge in [0.1, 0.15) is 61.0 Å². The van der Waals surface area contributed by atoms with Gasteiger partial charge < -0.3 is 89.8 Å². The van der Waals surface area contributed by atoms with Crippen molar-refractivity contribution in [2.24, 2.45) is 5.92 Å². The van der Waals surface area contributed by atoms with Crippen molar-refractivity contribution in [1.82, 2.24) is 10.6 Å². The second-order valence-corrected chi connectivity index (χ2v) is 23.4. The predicted molar refractivity (Wildman–Crippen MR) is 303 cm³/mol. The Hall–Kier alpha value is -2.19. The van der Waals surface area contributed by atoms with E-state index in [-0.39, 0.29) is 19.0 Å². The second-order valence-electron chi connectivity index (χ2n) is 23.4. The van der Waals surface area contributed by atoms with Gasteiger partial charge in [-0.25, -0.2) is 0 Å². The third-order valence-electron chi connectivity index (χ3n) is 16.4. The maximum atomic E-state index is 13.4. The smallest absolute Gasteiger partial charge is 0.332 e. The van der Waals surface area contributed by atoms with Gasteiger partial charge in [-0.1, -0.05) is 201 Å². The van der Waals surface area contributed by atoms with Gasteiger partial charge in [-0.2, -0.15) is 0 Å². The van der Waals surface area contributed by atoms with Crippen LogP contribution < -0.4 is 10.6 Å². The van der Waals surface area contributed by atoms with Gasteiger partial charge in [0.2, 0.25) is 11.8 Å². The molecule has 0 aromatic carbocycles. The largest absolute Gasteiger partial charge is 0.410 e. The first-order chi connectivity index (χ1) is 39.1. The first kappa shape index (κ1) is 73.1. The average Bonchev–Trinajstić information content (AvgIpc) is 3.49. The molecule has 3 aliphatic rings. The van der Waals surface area contributed by atoms with Crippen molar-refractivity contribution in [3.05, 3.63) is 0 Å². The number of nitrogens with one attached hydrogen (secondary N) is 2. The lowest BCUT2D eigenvalue weighted by atomic mass is 9.87. The summed E-state index contributed by atoms with van der Waals surface area (Å²) in [5.74, 6) is -3.98. The summed E-state index contributed by atoms with van der Waals surface area (Å²) in [5, 5.41) is 102. The number of carbonyl (C=O) groups is 3. The van der Waals surface area contributed by atoms with Gasteiger partial charge in [0, 0.05) is 19.3 Å². The number of hydrogen-bond acceptors (Lipinski definition) is 19. The van der Waals surface area contributed by atoms with Gasteiger partial charge in [0.05, 0.1) is 51.1 Å². The first-order valence-electron chi connectivity index (χ1n) is 31.6. The summed E-state index contributed by atoms with van der Waals surface area (Å²) in [6.45, 7) is 4.63. The van der Waals surface area contributed by atoms with Crippen LogP contribution in [0.5, 0.6) is 0 Å². The minimum absolute atomic E-state index is 0.0500. The molecule has 3 rings (SSSR count). The highest BCUT2D eigenvalue weighted by Gasteiger charge is 2.55. The van der Waals surface area contributed by atoms with Gasteiger partial charge >= 0.3 is 5.97 Å². The molecule has 17 atom stereocenters. The molecule has 0 aromatic heterocycles. The van der Waals surface area contributed by atoms with E-state index in [1.54, 1.807) is 0 Å². The summed E-state index contributed by atoms with van der Waals surface area (Å²) in [7, 11) is 0. The Morgan fingerprint density at radius 1 is 0.654 bits per heavy atom. The highest BCUT2D eigenvalue weighted by Crippen LogP contribution is 2.38. The zero-order valence-corrected chi connectivity index (χ0v) is 49.9. The van der Waals surface area contributed by atoms with Crippen LogP contribution in [-0.4, -0.2) is 188 Å². The molecule has 0 aromatic rings. The number of aliphatic hydroxyl groups excluding tert-OH is 9. The summed E-state index contributed by atoms with van der Waals surface area (Å²) in [6, 6.07) is -1.76. The molecule has 0 radical (unpaired) electrons. The summed E-state index contributed by atoms with van der Waals surface area (Å²) in [4.78, 5) is 37.7. The fraction of sp³-hybridized carbons (Fsp3) is 0.950. The van der Waals surface area contributed by atoms with Crippen molar-refractivity contribution in [3.63, 3.8) is 0 Å². The SMILES string of the molecule is CCCCCCCCCCCCCCCCCCCCCCCC(=O)NC(CCCCCCCCCC)CO[C@@H]1OC(CO)[C@@H](O[C@@H]2OC(CO[C@]3(OC=O)C[C@@H](O)[C@@H](C)C([C@H](O)[C@H](O)CO)O3)[C@H](O)[C@H](O)C2O)[C@H](O)C1NC(C)=O. The van der Waals surface area contributed by atoms with E-state index in [2.05, 4.69) is 24.5 Å². The molecule has 6 unspecified atom stereocenters. The van der Waals surface area contributed by atoms with Crippen molar-refractivity contribution in [2.75, 3.05) is 26.4 Å². The van der Waals surface area contributed by atoms with E-state index < -0.39 is 136 Å². The van der Waals surface area contributed by atoms with Crippen molar-refractivity contribution < 1.29 is 93.5 Å². The molecular weight excluding hydrogens is 1050 g/mol. The summed E-state index contributed by atoms with van der Waals surface area (Å²) < 4.78 is 40.9. The average molecular weight is 1170 g/mol. The number of carbonyl (C=O) groups excluding carboxylic acids is 3. The quantitative estimate of drug-likeness (QED) is 0.0197. The van der Waals surface area contributed by atoms with Crippen LogP contribution in [0, 0.1) is 5.92 Å². The number of ether oxygens (including phenoxy) is 7. The maximum Gasteiger partial charge on any atom is 0.332 e. The van der Waals surface area contributed by atoms with Crippen molar-refractivity contribution in [3.8, 4) is 0 Å². The molecule has 0 saturated carbocycles. The lowest BCUT2D eigenvalue weighted by Crippen LogP contribution is -2.68. The van der Waals surface area contributed by atoms with Crippen LogP contribution in [0.4, 0.5) is 0 Å². The lowest BCUT2D eigenvalue weighted by molar-refractivity contribution is -0.423. The molecule has 81 heavy (non-hydrogen) atoms. The fourth-order valence-electron chi connectivity index (χ4n) is 11.3. The van der Waals surface area contributed by atoms with Crippen LogP contribution in [0.2, 0.25) is 0 Å². The molecule has 3 fully saturated rings. The van der Waals surface area contributed by atoms with E-state index >= 15 is 0 Å². The summed E-state index contributed by atoms with van der Waals surface area (Å²) in [6.07, 6.45) is 14.5. The normalized spacial score (nSPS) is 29.9. The molecule has 3 heterocycles. The molecule has 476 valence electrons. The fourth-order valence-corrected chi connectivity index (χ4v) is 11.3. The molecule has 21 nitrogen and oxygen atoms in total. The van der Waals surface area contributed by atoms with E-state index in [1.165, 1.54) is 149 Å². The molecule has 0 aliphatic carbocycles. The summed E-state index contributed by atoms with van der Waals surface area (Å²) >= 11 is 0. The Kier molecular flexibility index (Phi) is 38.4. The van der Waals surface area contributed by atoms with Crippen molar-refractivity contribution >= 4 is 18.3 Å². The van der Waals surface area contributed by atoms with E-state index in [9.17, 15) is 60.3 Å². The Morgan fingerprint density at radius 2 is 1.15 bits per heavy atom. The minimum Gasteiger partial charge on any atom is -0.410 e. The molecule has 2 amide bonds. The van der Waals surface area contributed by atoms with Crippen molar-refractivity contribution in [1.29, 1.82) is 0 Å². The third-order valence-corrected chi connectivity index (χ3v) is 16.4. The number of hydrogen-bond donors (Lipinski definition) is 11. The standard InChI is InChI=1S/C60H112N2O19/c1-5-7-9-11-13-15-16-17-18-19-20-21-22-23-24-25-26-27-29-31-33-35-49(69)62-44(34-32-30-28-14-12-10-8-6-2)39-75-58-50(61-43(4)66)53(72)57(47(38-64)78-58)80-59-55(74)54(73)52(71)48(79-59)40-76-60(77-41-65)36-45(67)42(3)56(81-60)51(70)46(68)37-63/h41-42,44-48,50-59,63-64,67-68,70-74H,5-40H2,1-4H3,(H,61,66)(H,62,69)/t42-,44?,45-,46-,47?,48?,50?,51-,52+,53-,54+,55?,56?,57-,58-,59+,60+/m1/s1. The van der Waals surface area contributed by atoms with Crippen LogP contribution in [0.1, 0.15) is 233 Å². The van der Waals surface area contributed by atoms with Gasteiger partial charge in [-0.05, 0) is 12.8 Å². The van der Waals surface area contributed by atoms with Crippen LogP contribution in [0.3, 0.4) is 0 Å². The van der Waals surface area contributed by atoms with E-state index in [0.29, 0.717) is 12.8 Å². The number of unbranched alkanes of at least 4 members (excludes halogenated alkanes) is 27. The van der Waals surface area contributed by atoms with Crippen LogP contribution >= 0.6 is 0 Å². The minimum atomic E-state index is -2.44. The van der Waals surface area contributed by atoms with Crippen LogP contribution in [-0.2, 0) is 47.5 Å². The van der Waals surface area contributed by atoms with Crippen LogP contribution in [0.25, 0.3) is 0 Å². The van der Waals surface area contributed by atoms with E-state index in [0.717, 1.165) is 51.4 Å². The molecule has 3 aliphatic heterocycles. The monoisotopic (exact) mass is 1160 g/mol. The topological polar surface area (TPSA) is 322 Å². The molecule has 11 N–H and O–H groups in total. The van der Waals surface area contributed by atoms with E-state index in [4.69, 9.17) is 33.2 Å². The predicted octanol–water partition coefficient (Wildman–Crippen LogP) is 5.74. The highest BCUT2D eigenvalue weighted by molar-refractivity contribution is 5.76. The van der Waals surface area contributed by atoms with Gasteiger partial charge in [0.25, 0.3) is 6.47 Å².